The van der Waals surface area contributed by atoms with E-state index in [4.69, 9.17) is 9.47 Å². The van der Waals surface area contributed by atoms with E-state index in [-0.39, 0.29) is 6.54 Å². The molecule has 0 heterocycles. The average Bonchev–Trinajstić information content (AvgIpc) is 2.53. The van der Waals surface area contributed by atoms with E-state index in [1.54, 1.807) is 0 Å². The van der Waals surface area contributed by atoms with Crippen molar-refractivity contribution in [1.29, 1.82) is 0 Å². The SMILES string of the molecule is CCCCOC(=O)CN[P@](=O)(CO)N[C@@H](C)C(=O)OCCCC. The van der Waals surface area contributed by atoms with Gasteiger partial charge in [0.1, 0.15) is 18.9 Å². The summed E-state index contributed by atoms with van der Waals surface area (Å²) in [6.45, 7) is 5.70. The van der Waals surface area contributed by atoms with Crippen LogP contribution in [0.4, 0.5) is 0 Å². The zero-order chi connectivity index (χ0) is 17.7. The largest absolute Gasteiger partial charge is 0.465 e. The van der Waals surface area contributed by atoms with Gasteiger partial charge < -0.3 is 14.6 Å². The summed E-state index contributed by atoms with van der Waals surface area (Å²) < 4.78 is 22.3. The zero-order valence-electron chi connectivity index (χ0n) is 14.2. The molecule has 0 aliphatic rings. The lowest BCUT2D eigenvalue weighted by Crippen LogP contribution is -2.39. The minimum absolute atomic E-state index is 0.294. The van der Waals surface area contributed by atoms with Gasteiger partial charge in [-0.05, 0) is 19.8 Å². The lowest BCUT2D eigenvalue weighted by molar-refractivity contribution is -0.145. The molecule has 3 N–H and O–H groups in total. The number of ether oxygens (including phenoxy) is 2. The minimum atomic E-state index is -3.49. The second-order valence-corrected chi connectivity index (χ2v) is 7.50. The molecule has 0 aliphatic carbocycles. The summed E-state index contributed by atoms with van der Waals surface area (Å²) in [4.78, 5) is 23.2. The second kappa shape index (κ2) is 12.5. The molecular weight excluding hydrogens is 323 g/mol. The van der Waals surface area contributed by atoms with Crippen LogP contribution in [0.2, 0.25) is 0 Å². The Kier molecular flexibility index (Phi) is 12.0. The number of hydrogen-bond donors (Lipinski definition) is 3. The van der Waals surface area contributed by atoms with Crippen LogP contribution >= 0.6 is 7.44 Å². The number of aliphatic hydroxyl groups is 1. The van der Waals surface area contributed by atoms with Gasteiger partial charge in [0.05, 0.1) is 13.2 Å². The predicted molar refractivity (Wildman–Crippen MR) is 87.0 cm³/mol. The number of rotatable bonds is 13. The van der Waals surface area contributed by atoms with Gasteiger partial charge in [-0.2, -0.15) is 0 Å². The maximum absolute atomic E-state index is 12.4. The number of aliphatic hydroxyl groups excluding tert-OH is 1. The summed E-state index contributed by atoms with van der Waals surface area (Å²) in [5, 5.41) is 14.2. The molecule has 0 fully saturated rings. The molecule has 0 aromatic carbocycles. The summed E-state index contributed by atoms with van der Waals surface area (Å²) in [5.74, 6) is -1.12. The van der Waals surface area contributed by atoms with E-state index in [9.17, 15) is 19.3 Å². The lowest BCUT2D eigenvalue weighted by Gasteiger charge is -2.21. The third-order valence-electron chi connectivity index (χ3n) is 2.94. The fourth-order valence-electron chi connectivity index (χ4n) is 1.52. The zero-order valence-corrected chi connectivity index (χ0v) is 15.1. The van der Waals surface area contributed by atoms with Gasteiger partial charge >= 0.3 is 11.9 Å². The molecule has 0 amide bonds. The Balaban J connectivity index is 4.29. The Bertz CT molecular complexity index is 405. The third kappa shape index (κ3) is 10.4. The molecule has 0 rings (SSSR count). The molecule has 23 heavy (non-hydrogen) atoms. The van der Waals surface area contributed by atoms with Crippen LogP contribution in [-0.4, -0.2) is 49.2 Å². The van der Waals surface area contributed by atoms with E-state index in [0.717, 1.165) is 25.7 Å². The maximum atomic E-state index is 12.4. The van der Waals surface area contributed by atoms with Crippen LogP contribution in [0, 0.1) is 0 Å². The van der Waals surface area contributed by atoms with Gasteiger partial charge in [0.25, 0.3) is 0 Å². The van der Waals surface area contributed by atoms with Crippen molar-refractivity contribution in [3.8, 4) is 0 Å². The molecule has 136 valence electrons. The molecule has 0 saturated carbocycles. The van der Waals surface area contributed by atoms with Crippen LogP contribution in [0.3, 0.4) is 0 Å². The topological polar surface area (TPSA) is 114 Å². The van der Waals surface area contributed by atoms with Crippen LogP contribution in [0.15, 0.2) is 0 Å². The summed E-state index contributed by atoms with van der Waals surface area (Å²) >= 11 is 0. The fourth-order valence-corrected chi connectivity index (χ4v) is 2.91. The number of carbonyl (C=O) groups is 2. The van der Waals surface area contributed by atoms with Crippen molar-refractivity contribution in [3.63, 3.8) is 0 Å². The van der Waals surface area contributed by atoms with Crippen LogP contribution in [0.5, 0.6) is 0 Å². The van der Waals surface area contributed by atoms with Crippen LogP contribution in [0.1, 0.15) is 46.5 Å². The van der Waals surface area contributed by atoms with Gasteiger partial charge in [-0.25, -0.2) is 10.2 Å². The molecule has 0 aromatic heterocycles. The average molecular weight is 352 g/mol. The van der Waals surface area contributed by atoms with E-state index in [1.807, 2.05) is 13.8 Å². The Hall–Kier alpha value is -0.950. The van der Waals surface area contributed by atoms with E-state index in [1.165, 1.54) is 6.92 Å². The number of unbranched alkanes of at least 4 members (excludes halogenated alkanes) is 2. The number of carbonyl (C=O) groups excluding carboxylic acids is 2. The number of esters is 2. The normalized spacial score (nSPS) is 14.8. The molecule has 8 nitrogen and oxygen atoms in total. The van der Waals surface area contributed by atoms with Crippen molar-refractivity contribution in [1.82, 2.24) is 10.2 Å². The van der Waals surface area contributed by atoms with E-state index in [0.29, 0.717) is 13.2 Å². The van der Waals surface area contributed by atoms with Crippen LogP contribution in [0.25, 0.3) is 0 Å². The molecule has 0 aromatic rings. The molecule has 2 atom stereocenters. The molecule has 0 spiro atoms. The Morgan fingerprint density at radius 1 is 1.13 bits per heavy atom. The van der Waals surface area contributed by atoms with E-state index in [2.05, 4.69) is 10.2 Å². The van der Waals surface area contributed by atoms with E-state index < -0.39 is 31.8 Å². The molecule has 0 bridgehead atoms. The highest BCUT2D eigenvalue weighted by Crippen LogP contribution is 2.34. The van der Waals surface area contributed by atoms with Gasteiger partial charge in [0, 0.05) is 0 Å². The first kappa shape index (κ1) is 22.1. The van der Waals surface area contributed by atoms with Gasteiger partial charge in [-0.3, -0.25) is 14.2 Å². The highest BCUT2D eigenvalue weighted by atomic mass is 31.2. The van der Waals surface area contributed by atoms with Crippen molar-refractivity contribution < 1.29 is 28.7 Å². The van der Waals surface area contributed by atoms with Crippen molar-refractivity contribution >= 4 is 19.4 Å². The van der Waals surface area contributed by atoms with Gasteiger partial charge in [0.15, 0.2) is 0 Å². The summed E-state index contributed by atoms with van der Waals surface area (Å²) in [7, 11) is -3.49. The van der Waals surface area contributed by atoms with Gasteiger partial charge in [0.2, 0.25) is 7.44 Å². The first-order valence-electron chi connectivity index (χ1n) is 7.93. The Labute approximate surface area is 137 Å². The summed E-state index contributed by atoms with van der Waals surface area (Å²) in [6, 6.07) is -0.867. The fraction of sp³-hybridized carbons (Fsp3) is 0.857. The molecule has 9 heteroatoms. The monoisotopic (exact) mass is 352 g/mol. The first-order valence-corrected chi connectivity index (χ1v) is 9.82. The van der Waals surface area contributed by atoms with Crippen molar-refractivity contribution in [3.05, 3.63) is 0 Å². The quantitative estimate of drug-likeness (QED) is 0.259. The standard InChI is InChI=1S/C14H29N2O6P/c1-4-6-8-21-13(18)10-15-23(20,11-17)16-12(3)14(19)22-9-7-5-2/h12,17H,4-11H2,1-3H3,(H2,15,16,20)/t12-,23+/m0/s1. The highest BCUT2D eigenvalue weighted by molar-refractivity contribution is 7.59. The van der Waals surface area contributed by atoms with Crippen LogP contribution in [-0.2, 0) is 23.6 Å². The summed E-state index contributed by atoms with van der Waals surface area (Å²) in [6.07, 6.45) is 2.56. The number of nitrogens with one attached hydrogen (secondary N) is 2. The number of hydrogen-bond acceptors (Lipinski definition) is 6. The molecule has 0 aliphatic heterocycles. The highest BCUT2D eigenvalue weighted by Gasteiger charge is 2.27. The molecule has 0 unspecified atom stereocenters. The van der Waals surface area contributed by atoms with Crippen molar-refractivity contribution in [2.45, 2.75) is 52.5 Å². The molecule has 0 radical (unpaired) electrons. The third-order valence-corrected chi connectivity index (χ3v) is 4.81. The van der Waals surface area contributed by atoms with Crippen molar-refractivity contribution in [2.75, 3.05) is 26.1 Å². The maximum Gasteiger partial charge on any atom is 0.323 e. The second-order valence-electron chi connectivity index (χ2n) is 5.16. The Morgan fingerprint density at radius 2 is 1.70 bits per heavy atom. The molecular formula is C14H29N2O6P. The van der Waals surface area contributed by atoms with Gasteiger partial charge in [-0.1, -0.05) is 26.7 Å². The van der Waals surface area contributed by atoms with Gasteiger partial charge in [-0.15, -0.1) is 0 Å². The van der Waals surface area contributed by atoms with Crippen LogP contribution < -0.4 is 10.2 Å². The lowest BCUT2D eigenvalue weighted by atomic mass is 10.3. The van der Waals surface area contributed by atoms with E-state index >= 15 is 0 Å². The smallest absolute Gasteiger partial charge is 0.323 e. The Morgan fingerprint density at radius 3 is 2.22 bits per heavy atom. The summed E-state index contributed by atoms with van der Waals surface area (Å²) in [5.41, 5.74) is 0. The minimum Gasteiger partial charge on any atom is -0.465 e. The predicted octanol–water partition coefficient (Wildman–Crippen LogP) is 1.38. The first-order chi connectivity index (χ1) is 10.9. The molecule has 0 saturated heterocycles. The van der Waals surface area contributed by atoms with Crippen molar-refractivity contribution in [2.24, 2.45) is 0 Å².